The average Bonchev–Trinajstić information content (AvgIpc) is 3.33. The number of carbonyl (C=O) groups excluding carboxylic acids is 2. The van der Waals surface area contributed by atoms with Gasteiger partial charge in [-0.25, -0.2) is 24.3 Å². The molecular weight excluding hydrogens is 529 g/mol. The first kappa shape index (κ1) is 28.4. The summed E-state index contributed by atoms with van der Waals surface area (Å²) in [6.07, 6.45) is 2.47. The largest absolute Gasteiger partial charge is 0.467 e. The summed E-state index contributed by atoms with van der Waals surface area (Å²) in [7, 11) is -2.31. The van der Waals surface area contributed by atoms with E-state index in [1.54, 1.807) is 35.2 Å². The molecule has 39 heavy (non-hydrogen) atoms. The lowest BCUT2D eigenvalue weighted by molar-refractivity contribution is -0.145. The number of amides is 1. The second kappa shape index (κ2) is 12.1. The zero-order valence-electron chi connectivity index (χ0n) is 21.9. The number of hydrogen-bond donors (Lipinski definition) is 3. The molecule has 1 amide bonds. The number of fused-ring (bicyclic) bond motifs is 1. The zero-order valence-corrected chi connectivity index (χ0v) is 22.7. The lowest BCUT2D eigenvalue weighted by atomic mass is 10.0. The first-order valence-corrected chi connectivity index (χ1v) is 14.0. The normalized spacial score (nSPS) is 20.9. The van der Waals surface area contributed by atoms with Crippen molar-refractivity contribution in [2.24, 2.45) is 11.7 Å². The molecule has 1 saturated heterocycles. The third kappa shape index (κ3) is 6.90. The van der Waals surface area contributed by atoms with Crippen LogP contribution in [0.3, 0.4) is 0 Å². The van der Waals surface area contributed by atoms with Gasteiger partial charge in [0.25, 0.3) is 0 Å². The van der Waals surface area contributed by atoms with Crippen LogP contribution in [0, 0.1) is 5.92 Å². The van der Waals surface area contributed by atoms with Crippen LogP contribution in [0.2, 0.25) is 0 Å². The fourth-order valence-electron chi connectivity index (χ4n) is 3.88. The molecule has 0 radical (unpaired) electrons. The standard InChI is InChI=1S/C24H32N7O7P/c1-14(2)19(25)23(32)30-18(24(33)35-3)8-15-4-6-16(7-5-15)38-39(34)13-36-17(10-37-39)9-31-12-29-20-21(26)27-11-28-22(20)31/h4-7,11-12,14,17-19H,8-10,13,25H2,1-3H3,(H,30,32)(H2,26,27,28)/t17-,18-,19-,39?/m0/s1. The van der Waals surface area contributed by atoms with Gasteiger partial charge in [-0.15, -0.1) is 0 Å². The number of nitrogen functional groups attached to an aromatic ring is 1. The predicted octanol–water partition coefficient (Wildman–Crippen LogP) is 1.24. The second-order valence-electron chi connectivity index (χ2n) is 9.45. The number of imidazole rings is 1. The van der Waals surface area contributed by atoms with Gasteiger partial charge in [-0.1, -0.05) is 26.0 Å². The zero-order chi connectivity index (χ0) is 28.2. The Morgan fingerprint density at radius 2 is 1.97 bits per heavy atom. The molecule has 1 aliphatic heterocycles. The molecule has 5 N–H and O–H groups in total. The first-order chi connectivity index (χ1) is 18.6. The third-order valence-corrected chi connectivity index (χ3v) is 7.68. The number of ether oxygens (including phenoxy) is 2. The molecule has 0 bridgehead atoms. The van der Waals surface area contributed by atoms with Crippen LogP contribution in [-0.4, -0.2) is 69.6 Å². The van der Waals surface area contributed by atoms with Crippen molar-refractivity contribution >= 4 is 36.5 Å². The number of nitrogens with two attached hydrogens (primary N) is 2. The molecule has 4 rings (SSSR count). The van der Waals surface area contributed by atoms with Crippen LogP contribution >= 0.6 is 7.60 Å². The molecule has 4 atom stereocenters. The van der Waals surface area contributed by atoms with Crippen molar-refractivity contribution in [2.45, 2.75) is 45.0 Å². The molecule has 3 aromatic rings. The minimum Gasteiger partial charge on any atom is -0.467 e. The van der Waals surface area contributed by atoms with E-state index in [0.29, 0.717) is 29.0 Å². The van der Waals surface area contributed by atoms with Gasteiger partial charge in [0, 0.05) is 6.42 Å². The fraction of sp³-hybridized carbons (Fsp3) is 0.458. The lowest BCUT2D eigenvalue weighted by Gasteiger charge is -2.29. The smallest absolute Gasteiger partial charge is 0.404 e. The minimum atomic E-state index is -3.56. The van der Waals surface area contributed by atoms with E-state index in [4.69, 9.17) is 30.0 Å². The van der Waals surface area contributed by atoms with Crippen LogP contribution in [-0.2, 0) is 41.1 Å². The summed E-state index contributed by atoms with van der Waals surface area (Å²) in [4.78, 5) is 36.9. The van der Waals surface area contributed by atoms with Crippen molar-refractivity contribution < 1.29 is 32.7 Å². The number of rotatable bonds is 10. The summed E-state index contributed by atoms with van der Waals surface area (Å²) in [6.45, 7) is 4.03. The van der Waals surface area contributed by atoms with Gasteiger partial charge in [0.05, 0.1) is 32.6 Å². The van der Waals surface area contributed by atoms with Crippen LogP contribution in [0.15, 0.2) is 36.9 Å². The van der Waals surface area contributed by atoms with Crippen LogP contribution in [0.5, 0.6) is 5.75 Å². The molecule has 1 aromatic carbocycles. The van der Waals surface area contributed by atoms with E-state index in [-0.39, 0.29) is 31.1 Å². The van der Waals surface area contributed by atoms with E-state index in [1.807, 2.05) is 13.8 Å². The van der Waals surface area contributed by atoms with Gasteiger partial charge in [0.1, 0.15) is 29.7 Å². The summed E-state index contributed by atoms with van der Waals surface area (Å²) in [5, 5.41) is 2.65. The Bertz CT molecular complexity index is 1350. The van der Waals surface area contributed by atoms with Crippen LogP contribution in [0.4, 0.5) is 5.82 Å². The Morgan fingerprint density at radius 1 is 1.23 bits per heavy atom. The van der Waals surface area contributed by atoms with E-state index in [0.717, 1.165) is 0 Å². The van der Waals surface area contributed by atoms with Crippen LogP contribution in [0.25, 0.3) is 11.2 Å². The summed E-state index contributed by atoms with van der Waals surface area (Å²) in [5.41, 5.74) is 13.5. The van der Waals surface area contributed by atoms with Gasteiger partial charge in [-0.05, 0) is 23.6 Å². The van der Waals surface area contributed by atoms with Gasteiger partial charge in [0.15, 0.2) is 17.8 Å². The van der Waals surface area contributed by atoms with Crippen LogP contribution < -0.4 is 21.3 Å². The van der Waals surface area contributed by atoms with E-state index < -0.39 is 37.7 Å². The number of anilines is 1. The summed E-state index contributed by atoms with van der Waals surface area (Å²) in [6, 6.07) is 4.91. The maximum Gasteiger partial charge on any atom is 0.404 e. The van der Waals surface area contributed by atoms with Gasteiger partial charge >= 0.3 is 13.6 Å². The molecular formula is C24H32N7O7P. The number of nitrogens with one attached hydrogen (secondary N) is 1. The van der Waals surface area contributed by atoms with E-state index in [1.165, 1.54) is 13.4 Å². The SMILES string of the molecule is COC(=O)[C@H](Cc1ccc(OP2(=O)CO[C@@H](Cn3cnc4c(N)ncnc43)CO2)cc1)NC(=O)[C@@H](N)C(C)C. The average molecular weight is 562 g/mol. The molecule has 1 unspecified atom stereocenters. The Morgan fingerprint density at radius 3 is 2.62 bits per heavy atom. The van der Waals surface area contributed by atoms with Crippen molar-refractivity contribution in [3.63, 3.8) is 0 Å². The number of methoxy groups -OCH3 is 1. The van der Waals surface area contributed by atoms with Crippen molar-refractivity contribution in [3.05, 3.63) is 42.5 Å². The Kier molecular flexibility index (Phi) is 8.80. The van der Waals surface area contributed by atoms with E-state index in [9.17, 15) is 14.2 Å². The molecule has 1 aliphatic rings. The highest BCUT2D eigenvalue weighted by Crippen LogP contribution is 2.51. The van der Waals surface area contributed by atoms with Gasteiger partial charge in [-0.3, -0.25) is 9.32 Å². The molecule has 3 heterocycles. The highest BCUT2D eigenvalue weighted by Gasteiger charge is 2.35. The minimum absolute atomic E-state index is 0.0363. The summed E-state index contributed by atoms with van der Waals surface area (Å²) < 4.78 is 36.7. The summed E-state index contributed by atoms with van der Waals surface area (Å²) in [5.74, 6) is -0.541. The molecule has 2 aromatic heterocycles. The number of carbonyl (C=O) groups is 2. The van der Waals surface area contributed by atoms with Gasteiger partial charge in [0.2, 0.25) is 5.91 Å². The number of aromatic nitrogens is 4. The van der Waals surface area contributed by atoms with E-state index >= 15 is 0 Å². The van der Waals surface area contributed by atoms with E-state index in [2.05, 4.69) is 20.3 Å². The van der Waals surface area contributed by atoms with Crippen molar-refractivity contribution in [3.8, 4) is 5.75 Å². The van der Waals surface area contributed by atoms with Crippen LogP contribution in [0.1, 0.15) is 19.4 Å². The van der Waals surface area contributed by atoms with Gasteiger partial charge in [-0.2, -0.15) is 0 Å². The highest BCUT2D eigenvalue weighted by molar-refractivity contribution is 7.54. The van der Waals surface area contributed by atoms with Crippen molar-refractivity contribution in [1.82, 2.24) is 24.8 Å². The molecule has 15 heteroatoms. The molecule has 1 fully saturated rings. The Labute approximate surface area is 224 Å². The molecule has 14 nitrogen and oxygen atoms in total. The maximum atomic E-state index is 13.1. The number of hydrogen-bond acceptors (Lipinski definition) is 12. The number of benzene rings is 1. The third-order valence-electron chi connectivity index (χ3n) is 6.19. The lowest BCUT2D eigenvalue weighted by Crippen LogP contribution is -2.51. The predicted molar refractivity (Wildman–Crippen MR) is 141 cm³/mol. The van der Waals surface area contributed by atoms with Crippen molar-refractivity contribution in [2.75, 3.05) is 25.8 Å². The number of nitrogens with zero attached hydrogens (tertiary/aromatic N) is 4. The second-order valence-corrected chi connectivity index (χ2v) is 11.4. The first-order valence-electron chi connectivity index (χ1n) is 12.3. The Balaban J connectivity index is 1.32. The van der Waals surface area contributed by atoms with Crippen molar-refractivity contribution in [1.29, 1.82) is 0 Å². The Hall–Kier alpha value is -3.58. The fourth-order valence-corrected chi connectivity index (χ4v) is 5.29. The topological polar surface area (TPSA) is 196 Å². The quantitative estimate of drug-likeness (QED) is 0.237. The summed E-state index contributed by atoms with van der Waals surface area (Å²) >= 11 is 0. The molecule has 0 aliphatic carbocycles. The molecule has 0 spiro atoms. The molecule has 0 saturated carbocycles. The number of esters is 1. The monoisotopic (exact) mass is 561 g/mol. The highest BCUT2D eigenvalue weighted by atomic mass is 31.2. The molecule has 210 valence electrons. The van der Waals surface area contributed by atoms with Gasteiger partial charge < -0.3 is 35.3 Å². The maximum absolute atomic E-state index is 13.1.